The molecule has 0 spiro atoms. The lowest BCUT2D eigenvalue weighted by atomic mass is 10.1. The molecule has 2 fully saturated rings. The van der Waals surface area contributed by atoms with E-state index in [1.165, 1.54) is 4.88 Å². The monoisotopic (exact) mass is 307 g/mol. The van der Waals surface area contributed by atoms with Gasteiger partial charge in [0.1, 0.15) is 11.0 Å². The Balaban J connectivity index is 1.83. The number of amides is 2. The molecule has 114 valence electrons. The van der Waals surface area contributed by atoms with Crippen LogP contribution in [0.4, 0.5) is 0 Å². The molecule has 3 rings (SSSR count). The molecule has 0 N–H and O–H groups in total. The molecule has 21 heavy (non-hydrogen) atoms. The number of fused-ring (bicyclic) bond motifs is 1. The van der Waals surface area contributed by atoms with Crippen LogP contribution in [0.3, 0.4) is 0 Å². The maximum Gasteiger partial charge on any atom is 0.245 e. The minimum absolute atomic E-state index is 0.0452. The van der Waals surface area contributed by atoms with Gasteiger partial charge in [-0.2, -0.15) is 0 Å². The lowest BCUT2D eigenvalue weighted by Gasteiger charge is -2.29. The van der Waals surface area contributed by atoms with Crippen molar-refractivity contribution in [2.45, 2.75) is 51.6 Å². The number of hydrogen-bond donors (Lipinski definition) is 0. The molecule has 5 nitrogen and oxygen atoms in total. The van der Waals surface area contributed by atoms with Gasteiger partial charge in [0.05, 0.1) is 6.04 Å². The van der Waals surface area contributed by atoms with Crippen molar-refractivity contribution < 1.29 is 9.59 Å². The second-order valence-electron chi connectivity index (χ2n) is 5.72. The van der Waals surface area contributed by atoms with Crippen LogP contribution in [0.2, 0.25) is 0 Å². The predicted octanol–water partition coefficient (Wildman–Crippen LogP) is 1.99. The topological polar surface area (TPSA) is 53.5 Å². The molecule has 0 aromatic carbocycles. The molecule has 2 saturated heterocycles. The number of rotatable bonds is 3. The standard InChI is InChI=1S/C15H21N3O2S/c1-3-11-9-16-14(21-11)10(2)17-8-6-13(19)18-7-4-5-12(18)15(17)20/h9-10,12H,3-8H2,1-2H3. The van der Waals surface area contributed by atoms with Crippen molar-refractivity contribution in [3.05, 3.63) is 16.1 Å². The molecule has 2 amide bonds. The Labute approximate surface area is 129 Å². The summed E-state index contributed by atoms with van der Waals surface area (Å²) in [5.41, 5.74) is 0. The highest BCUT2D eigenvalue weighted by atomic mass is 32.1. The predicted molar refractivity (Wildman–Crippen MR) is 81.0 cm³/mol. The minimum atomic E-state index is -0.243. The van der Waals surface area contributed by atoms with Gasteiger partial charge in [0.2, 0.25) is 11.8 Å². The van der Waals surface area contributed by atoms with Crippen LogP contribution in [0.15, 0.2) is 6.20 Å². The summed E-state index contributed by atoms with van der Waals surface area (Å²) in [6.45, 7) is 5.36. The summed E-state index contributed by atoms with van der Waals surface area (Å²) in [5.74, 6) is 0.216. The summed E-state index contributed by atoms with van der Waals surface area (Å²) in [5, 5.41) is 0.971. The Bertz CT molecular complexity index is 557. The van der Waals surface area contributed by atoms with E-state index < -0.39 is 0 Å². The lowest BCUT2D eigenvalue weighted by Crippen LogP contribution is -2.44. The number of carbonyl (C=O) groups is 2. The van der Waals surface area contributed by atoms with Crippen LogP contribution in [0.1, 0.15) is 49.0 Å². The van der Waals surface area contributed by atoms with Crippen molar-refractivity contribution in [2.24, 2.45) is 0 Å². The Kier molecular flexibility index (Phi) is 3.97. The van der Waals surface area contributed by atoms with Crippen molar-refractivity contribution in [3.8, 4) is 0 Å². The van der Waals surface area contributed by atoms with Gasteiger partial charge in [-0.05, 0) is 26.2 Å². The van der Waals surface area contributed by atoms with Gasteiger partial charge >= 0.3 is 0 Å². The van der Waals surface area contributed by atoms with Crippen molar-refractivity contribution >= 4 is 23.2 Å². The highest BCUT2D eigenvalue weighted by Crippen LogP contribution is 2.30. The maximum atomic E-state index is 12.8. The zero-order valence-corrected chi connectivity index (χ0v) is 13.4. The Morgan fingerprint density at radius 1 is 1.43 bits per heavy atom. The van der Waals surface area contributed by atoms with E-state index in [0.29, 0.717) is 13.0 Å². The zero-order chi connectivity index (χ0) is 15.0. The highest BCUT2D eigenvalue weighted by molar-refractivity contribution is 7.11. The molecular formula is C15H21N3O2S. The third-order valence-electron chi connectivity index (χ3n) is 4.45. The molecule has 1 aromatic heterocycles. The third-order valence-corrected chi connectivity index (χ3v) is 5.76. The maximum absolute atomic E-state index is 12.8. The zero-order valence-electron chi connectivity index (χ0n) is 12.5. The Morgan fingerprint density at radius 3 is 2.95 bits per heavy atom. The molecule has 2 aliphatic rings. The molecule has 2 unspecified atom stereocenters. The smallest absolute Gasteiger partial charge is 0.245 e. The molecule has 0 aliphatic carbocycles. The van der Waals surface area contributed by atoms with Crippen LogP contribution >= 0.6 is 11.3 Å². The molecule has 3 heterocycles. The molecule has 2 aliphatic heterocycles. The number of nitrogens with zero attached hydrogens (tertiary/aromatic N) is 3. The van der Waals surface area contributed by atoms with Crippen molar-refractivity contribution in [1.82, 2.24) is 14.8 Å². The normalized spacial score (nSPS) is 24.2. The van der Waals surface area contributed by atoms with Gasteiger partial charge < -0.3 is 9.80 Å². The average Bonchev–Trinajstić information content (AvgIpc) is 3.13. The molecule has 2 atom stereocenters. The molecule has 0 saturated carbocycles. The average molecular weight is 307 g/mol. The fourth-order valence-electron chi connectivity index (χ4n) is 3.18. The van der Waals surface area contributed by atoms with Crippen molar-refractivity contribution in [1.29, 1.82) is 0 Å². The summed E-state index contributed by atoms with van der Waals surface area (Å²) >= 11 is 1.67. The van der Waals surface area contributed by atoms with Crippen molar-refractivity contribution in [3.63, 3.8) is 0 Å². The molecule has 1 aromatic rings. The lowest BCUT2D eigenvalue weighted by molar-refractivity contribution is -0.140. The SMILES string of the molecule is CCc1cnc(C(C)N2CCC(=O)N3CCCC3C2=O)s1. The first-order chi connectivity index (χ1) is 10.1. The van der Waals surface area contributed by atoms with Gasteiger partial charge in [-0.1, -0.05) is 6.92 Å². The van der Waals surface area contributed by atoms with E-state index in [0.717, 1.165) is 30.8 Å². The van der Waals surface area contributed by atoms with E-state index in [2.05, 4.69) is 11.9 Å². The first kappa shape index (κ1) is 14.5. The summed E-state index contributed by atoms with van der Waals surface area (Å²) < 4.78 is 0. The van der Waals surface area contributed by atoms with E-state index in [1.54, 1.807) is 16.2 Å². The first-order valence-corrected chi connectivity index (χ1v) is 8.48. The number of carbonyl (C=O) groups excluding carboxylic acids is 2. The fourth-order valence-corrected chi connectivity index (χ4v) is 4.10. The van der Waals surface area contributed by atoms with E-state index in [4.69, 9.17) is 0 Å². The van der Waals surface area contributed by atoms with E-state index in [1.807, 2.05) is 18.0 Å². The second-order valence-corrected chi connectivity index (χ2v) is 6.87. The minimum Gasteiger partial charge on any atom is -0.331 e. The van der Waals surface area contributed by atoms with Crippen LogP contribution in [-0.2, 0) is 16.0 Å². The quantitative estimate of drug-likeness (QED) is 0.858. The van der Waals surface area contributed by atoms with Gasteiger partial charge in [0.15, 0.2) is 0 Å². The Morgan fingerprint density at radius 2 is 2.24 bits per heavy atom. The van der Waals surface area contributed by atoms with Gasteiger partial charge in [-0.25, -0.2) is 4.98 Å². The largest absolute Gasteiger partial charge is 0.331 e. The summed E-state index contributed by atoms with van der Waals surface area (Å²) in [4.78, 5) is 34.2. The summed E-state index contributed by atoms with van der Waals surface area (Å²) in [6.07, 6.45) is 5.02. The van der Waals surface area contributed by atoms with Crippen molar-refractivity contribution in [2.75, 3.05) is 13.1 Å². The third kappa shape index (κ3) is 2.57. The van der Waals surface area contributed by atoms with Gasteiger partial charge in [-0.15, -0.1) is 11.3 Å². The van der Waals surface area contributed by atoms with Gasteiger partial charge in [0, 0.05) is 30.6 Å². The van der Waals surface area contributed by atoms with Crippen LogP contribution in [0, 0.1) is 0 Å². The second kappa shape index (κ2) is 5.75. The molecular weight excluding hydrogens is 286 g/mol. The van der Waals surface area contributed by atoms with Gasteiger partial charge in [-0.3, -0.25) is 9.59 Å². The highest BCUT2D eigenvalue weighted by Gasteiger charge is 2.41. The van der Waals surface area contributed by atoms with Crippen LogP contribution in [0.25, 0.3) is 0 Å². The van der Waals surface area contributed by atoms with E-state index in [9.17, 15) is 9.59 Å². The number of hydrogen-bond acceptors (Lipinski definition) is 4. The fraction of sp³-hybridized carbons (Fsp3) is 0.667. The first-order valence-electron chi connectivity index (χ1n) is 7.66. The van der Waals surface area contributed by atoms with Crippen LogP contribution < -0.4 is 0 Å². The number of thiazole rings is 1. The van der Waals surface area contributed by atoms with Crippen LogP contribution in [0.5, 0.6) is 0 Å². The summed E-state index contributed by atoms with van der Waals surface area (Å²) in [7, 11) is 0. The number of aromatic nitrogens is 1. The van der Waals surface area contributed by atoms with Crippen LogP contribution in [-0.4, -0.2) is 45.7 Å². The van der Waals surface area contributed by atoms with Gasteiger partial charge in [0.25, 0.3) is 0 Å². The van der Waals surface area contributed by atoms with E-state index in [-0.39, 0.29) is 23.9 Å². The van der Waals surface area contributed by atoms with E-state index >= 15 is 0 Å². The molecule has 0 bridgehead atoms. The number of aryl methyl sites for hydroxylation is 1. The molecule has 6 heteroatoms. The summed E-state index contributed by atoms with van der Waals surface area (Å²) in [6, 6.07) is -0.288. The Hall–Kier alpha value is -1.43. The molecule has 0 radical (unpaired) electrons.